The van der Waals surface area contributed by atoms with Crippen LogP contribution in [0.1, 0.15) is 22.7 Å². The molecule has 0 saturated heterocycles. The van der Waals surface area contributed by atoms with E-state index < -0.39 is 19.1 Å². The minimum absolute atomic E-state index is 0.304. The van der Waals surface area contributed by atoms with Gasteiger partial charge in [0.1, 0.15) is 1.41 Å². The van der Waals surface area contributed by atoms with Gasteiger partial charge in [0.05, 0.1) is 7.45 Å². The second kappa shape index (κ2) is 4.24. The molecule has 0 radical (unpaired) electrons. The van der Waals surface area contributed by atoms with Crippen molar-refractivity contribution in [3.63, 3.8) is 0 Å². The molecule has 0 spiro atoms. The molecular formula is C10H15NO. The van der Waals surface area contributed by atoms with Gasteiger partial charge in [-0.15, -0.1) is 0 Å². The lowest BCUT2D eigenvalue weighted by atomic mass is 10.0. The summed E-state index contributed by atoms with van der Waals surface area (Å²) in [6.07, 6.45) is -2.04. The molecule has 2 unspecified atom stereocenters. The Labute approximate surface area is 80.4 Å². The van der Waals surface area contributed by atoms with Gasteiger partial charge in [0.25, 0.3) is 0 Å². The van der Waals surface area contributed by atoms with Crippen LogP contribution in [-0.2, 0) is 0 Å². The van der Waals surface area contributed by atoms with Gasteiger partial charge < -0.3 is 10.4 Å². The van der Waals surface area contributed by atoms with E-state index in [1.54, 1.807) is 30.3 Å². The molecule has 0 fully saturated rings. The summed E-state index contributed by atoms with van der Waals surface area (Å²) >= 11 is 0. The Morgan fingerprint density at radius 3 is 3.00 bits per heavy atom. The number of hydrogen-bond donors (Lipinski definition) is 2. The van der Waals surface area contributed by atoms with Gasteiger partial charge in [-0.2, -0.15) is 0 Å². The Morgan fingerprint density at radius 1 is 1.67 bits per heavy atom. The lowest BCUT2D eigenvalue weighted by Crippen LogP contribution is -2.28. The highest BCUT2D eigenvalue weighted by atomic mass is 16.3. The molecule has 1 aromatic rings. The van der Waals surface area contributed by atoms with Crippen LogP contribution in [-0.4, -0.2) is 19.6 Å². The summed E-state index contributed by atoms with van der Waals surface area (Å²) in [4.78, 5) is 0. The molecule has 2 atom stereocenters. The predicted molar refractivity (Wildman–Crippen MR) is 49.9 cm³/mol. The van der Waals surface area contributed by atoms with Crippen molar-refractivity contribution >= 4 is 0 Å². The van der Waals surface area contributed by atoms with Gasteiger partial charge in [0.2, 0.25) is 1.43 Å². The van der Waals surface area contributed by atoms with Gasteiger partial charge >= 0.3 is 0 Å². The van der Waals surface area contributed by atoms with Crippen molar-refractivity contribution in [1.82, 2.24) is 5.31 Å². The molecule has 0 heterocycles. The van der Waals surface area contributed by atoms with Crippen molar-refractivity contribution in [2.75, 3.05) is 7.02 Å². The highest BCUT2D eigenvalue weighted by Crippen LogP contribution is 2.15. The first-order chi connectivity index (χ1) is 7.90. The smallest absolute Gasteiger partial charge is 0.211 e. The van der Waals surface area contributed by atoms with Gasteiger partial charge in [-0.1, -0.05) is 30.3 Å². The second-order valence-electron chi connectivity index (χ2n) is 2.44. The van der Waals surface area contributed by atoms with Gasteiger partial charge in [-0.3, -0.25) is 0 Å². The number of benzene rings is 1. The summed E-state index contributed by atoms with van der Waals surface area (Å²) in [5.74, 6) is 0. The van der Waals surface area contributed by atoms with Gasteiger partial charge in [0, 0.05) is 8.76 Å². The van der Waals surface area contributed by atoms with Crippen LogP contribution in [0.2, 0.25) is 1.41 Å². The number of nitrogens with one attached hydrogen (secondary N) is 1. The average molecular weight is 170 g/mol. The lowest BCUT2D eigenvalue weighted by Gasteiger charge is -2.17. The van der Waals surface area contributed by atoms with Crippen LogP contribution >= 0.6 is 0 Å². The summed E-state index contributed by atoms with van der Waals surface area (Å²) in [5.41, 5.74) is 0.304. The van der Waals surface area contributed by atoms with Crippen LogP contribution in [0.25, 0.3) is 0 Å². The molecule has 2 nitrogen and oxygen atoms in total. The van der Waals surface area contributed by atoms with E-state index >= 15 is 0 Å². The zero-order chi connectivity index (χ0) is 13.1. The van der Waals surface area contributed by atoms with Crippen molar-refractivity contribution in [3.05, 3.63) is 35.9 Å². The Bertz CT molecular complexity index is 361. The maximum absolute atomic E-state index is 8.10. The highest BCUT2D eigenvalue weighted by Gasteiger charge is 2.12. The molecule has 0 amide bonds. The minimum Gasteiger partial charge on any atom is -0.387 e. The zero-order valence-corrected chi connectivity index (χ0v) is 6.95. The fraction of sp³-hybridized carbons (Fsp3) is 0.400. The predicted octanol–water partition coefficient (Wildman–Crippen LogP) is 1.33. The number of rotatable bonds is 4. The van der Waals surface area contributed by atoms with E-state index in [0.717, 1.165) is 0 Å². The third kappa shape index (κ3) is 2.06. The normalized spacial score (nSPS) is 27.0. The van der Waals surface area contributed by atoms with Gasteiger partial charge in [0.15, 0.2) is 0 Å². The summed E-state index contributed by atoms with van der Waals surface area (Å²) in [6.45, 7) is 1.28. The Balaban J connectivity index is 3.21. The van der Waals surface area contributed by atoms with E-state index in [0.29, 0.717) is 10.9 Å². The van der Waals surface area contributed by atoms with E-state index in [2.05, 4.69) is 5.11 Å². The van der Waals surface area contributed by atoms with Crippen LogP contribution < -0.4 is 5.31 Å². The van der Waals surface area contributed by atoms with Crippen LogP contribution in [0.3, 0.4) is 0 Å². The Morgan fingerprint density at radius 2 is 2.42 bits per heavy atom. The molecular weight excluding hydrogens is 150 g/mol. The summed E-state index contributed by atoms with van der Waals surface area (Å²) in [7, 11) is -0.475. The SMILES string of the molecule is [2H]CN([2H])C([2H])(C)C([2H])(O[2H])c1ccccc1. The molecule has 0 aliphatic carbocycles. The third-order valence-electron chi connectivity index (χ3n) is 1.60. The first kappa shape index (κ1) is 4.40. The van der Waals surface area contributed by atoms with Crippen molar-refractivity contribution in [3.8, 4) is 0 Å². The first-order valence-electron chi connectivity index (χ1n) is 6.22. The zero-order valence-electron chi connectivity index (χ0n) is 11.9. The van der Waals surface area contributed by atoms with Crippen LogP contribution in [0.4, 0.5) is 0 Å². The van der Waals surface area contributed by atoms with E-state index in [4.69, 9.17) is 6.96 Å². The lowest BCUT2D eigenvalue weighted by molar-refractivity contribution is 0.140. The summed E-state index contributed by atoms with van der Waals surface area (Å²) in [5, 5.41) is 4.99. The van der Waals surface area contributed by atoms with E-state index in [1.165, 1.54) is 6.92 Å². The molecule has 0 aliphatic rings. The molecule has 2 heteroatoms. The second-order valence-corrected chi connectivity index (χ2v) is 2.44. The molecule has 1 aromatic carbocycles. The molecule has 66 valence electrons. The molecule has 0 saturated carbocycles. The fourth-order valence-electron chi connectivity index (χ4n) is 0.870. The fourth-order valence-corrected chi connectivity index (χ4v) is 0.870. The van der Waals surface area contributed by atoms with Gasteiger partial charge in [-0.05, 0) is 19.5 Å². The summed E-state index contributed by atoms with van der Waals surface area (Å²) < 4.78 is 37.8. The molecule has 2 N–H and O–H groups in total. The quantitative estimate of drug-likeness (QED) is 0.714. The van der Waals surface area contributed by atoms with Crippen molar-refractivity contribution in [1.29, 1.82) is 1.43 Å². The number of aliphatic hydroxyl groups is 1. The standard InChI is InChI=1S/C10H15NO/c1-8(11-2)10(12)9-6-4-3-5-7-9/h3-8,10-12H,1-2H3/i2D,8D,10D,12D/hD. The van der Waals surface area contributed by atoms with E-state index in [-0.39, 0.29) is 0 Å². The van der Waals surface area contributed by atoms with Crippen molar-refractivity contribution < 1.29 is 10.6 Å². The average Bonchev–Trinajstić information content (AvgIpc) is 2.37. The molecule has 0 aromatic heterocycles. The number of hydrogen-bond acceptors (Lipinski definition) is 2. The third-order valence-corrected chi connectivity index (χ3v) is 1.60. The Kier molecular flexibility index (Phi) is 1.55. The van der Waals surface area contributed by atoms with E-state index in [1.807, 2.05) is 0 Å². The van der Waals surface area contributed by atoms with E-state index in [9.17, 15) is 0 Å². The van der Waals surface area contributed by atoms with Crippen LogP contribution in [0.5, 0.6) is 0 Å². The summed E-state index contributed by atoms with van der Waals surface area (Å²) in [6, 6.07) is 6.35. The molecule has 1 rings (SSSR count). The first-order valence-corrected chi connectivity index (χ1v) is 3.65. The van der Waals surface area contributed by atoms with Crippen LogP contribution in [0.15, 0.2) is 30.3 Å². The maximum atomic E-state index is 8.10. The minimum atomic E-state index is -2.04. The molecule has 0 bridgehead atoms. The van der Waals surface area contributed by atoms with Crippen LogP contribution in [0, 0.1) is 0 Å². The van der Waals surface area contributed by atoms with Crippen molar-refractivity contribution in [2.24, 2.45) is 0 Å². The maximum Gasteiger partial charge on any atom is 0.211 e. The molecule has 0 aliphatic heterocycles. The highest BCUT2D eigenvalue weighted by molar-refractivity contribution is 5.18. The topological polar surface area (TPSA) is 32.3 Å². The monoisotopic (exact) mass is 170 g/mol. The van der Waals surface area contributed by atoms with Gasteiger partial charge in [-0.25, -0.2) is 0 Å². The molecule has 12 heavy (non-hydrogen) atoms. The largest absolute Gasteiger partial charge is 0.387 e. The Hall–Kier alpha value is -0.860. The number of likely N-dealkylation sites (N-methyl/N-ethyl adjacent to an activating group) is 1. The van der Waals surface area contributed by atoms with Crippen molar-refractivity contribution in [2.45, 2.75) is 19.0 Å².